The van der Waals surface area contributed by atoms with E-state index in [1.165, 1.54) is 11.8 Å². The molecule has 3 rings (SSSR count). The summed E-state index contributed by atoms with van der Waals surface area (Å²) in [6.45, 7) is 2.13. The molecule has 0 atom stereocenters. The molecule has 0 N–H and O–H groups in total. The summed E-state index contributed by atoms with van der Waals surface area (Å²) in [5, 5.41) is 11.4. The lowest BCUT2D eigenvalue weighted by Gasteiger charge is -2.15. The van der Waals surface area contributed by atoms with Gasteiger partial charge in [-0.3, -0.25) is 0 Å². The number of nitrogens with zero attached hydrogens (tertiary/aromatic N) is 5. The van der Waals surface area contributed by atoms with E-state index < -0.39 is 0 Å². The molecule has 28 heavy (non-hydrogen) atoms. The van der Waals surface area contributed by atoms with Gasteiger partial charge in [-0.1, -0.05) is 11.2 Å². The van der Waals surface area contributed by atoms with Crippen LogP contribution < -0.4 is 15.2 Å². The second kappa shape index (κ2) is 8.38. The maximum absolute atomic E-state index is 12.3. The summed E-state index contributed by atoms with van der Waals surface area (Å²) in [6, 6.07) is 11.0. The molecule has 2 aromatic carbocycles. The highest BCUT2D eigenvalue weighted by molar-refractivity contribution is 5.79. The van der Waals surface area contributed by atoms with E-state index in [1.807, 2.05) is 25.1 Å². The van der Waals surface area contributed by atoms with Crippen molar-refractivity contribution >= 4 is 6.21 Å². The van der Waals surface area contributed by atoms with E-state index >= 15 is 0 Å². The van der Waals surface area contributed by atoms with Crippen molar-refractivity contribution in [3.05, 3.63) is 63.6 Å². The van der Waals surface area contributed by atoms with Crippen molar-refractivity contribution in [3.63, 3.8) is 0 Å². The zero-order chi connectivity index (χ0) is 20.1. The topological polar surface area (TPSA) is 92.8 Å². The maximum atomic E-state index is 12.3. The predicted molar refractivity (Wildman–Crippen MR) is 103 cm³/mol. The average Bonchev–Trinajstić information content (AvgIpc) is 3.04. The molecule has 0 saturated heterocycles. The summed E-state index contributed by atoms with van der Waals surface area (Å²) in [6.07, 6.45) is 1.62. The van der Waals surface area contributed by atoms with E-state index in [9.17, 15) is 4.79 Å². The quantitative estimate of drug-likeness (QED) is 0.457. The zero-order valence-corrected chi connectivity index (χ0v) is 16.1. The van der Waals surface area contributed by atoms with Gasteiger partial charge in [0.1, 0.15) is 25.2 Å². The minimum atomic E-state index is -0.354. The van der Waals surface area contributed by atoms with Crippen LogP contribution in [-0.2, 0) is 18.5 Å². The third-order valence-corrected chi connectivity index (χ3v) is 4.16. The average molecular weight is 383 g/mol. The number of aryl methyl sites for hydroxylation is 2. The van der Waals surface area contributed by atoms with E-state index in [2.05, 4.69) is 15.6 Å². The first-order chi connectivity index (χ1) is 13.5. The van der Waals surface area contributed by atoms with Crippen molar-refractivity contribution in [2.45, 2.75) is 13.5 Å². The molecule has 0 radical (unpaired) electrons. The normalized spacial score (nSPS) is 11.0. The molecule has 3 aromatic rings. The third kappa shape index (κ3) is 3.88. The summed E-state index contributed by atoms with van der Waals surface area (Å²) in [7, 11) is 4.60. The second-order valence-corrected chi connectivity index (χ2v) is 5.99. The molecule has 0 saturated carbocycles. The van der Waals surface area contributed by atoms with Gasteiger partial charge in [0.05, 0.1) is 24.6 Å². The van der Waals surface area contributed by atoms with Crippen LogP contribution in [0.2, 0.25) is 0 Å². The van der Waals surface area contributed by atoms with E-state index in [4.69, 9.17) is 14.3 Å². The Morgan fingerprint density at radius 3 is 2.61 bits per heavy atom. The van der Waals surface area contributed by atoms with Crippen LogP contribution >= 0.6 is 0 Å². The van der Waals surface area contributed by atoms with Crippen LogP contribution in [0.25, 0.3) is 5.69 Å². The molecule has 0 spiro atoms. The third-order valence-electron chi connectivity index (χ3n) is 4.16. The van der Waals surface area contributed by atoms with E-state index in [0.29, 0.717) is 22.7 Å². The zero-order valence-electron chi connectivity index (χ0n) is 16.1. The van der Waals surface area contributed by atoms with E-state index in [0.717, 1.165) is 15.8 Å². The monoisotopic (exact) mass is 383 g/mol. The summed E-state index contributed by atoms with van der Waals surface area (Å²) >= 11 is 0. The SMILES string of the molecule is CO/N=C/c1ccc(OCc2c(OC)cccc2-n2nnn(C)c2=O)c(C)c1. The fourth-order valence-electron chi connectivity index (χ4n) is 2.73. The van der Waals surface area contributed by atoms with Crippen LogP contribution in [0, 0.1) is 6.92 Å². The standard InChI is InChI=1S/C19H21N5O4/c1-13-10-14(11-20-27-4)8-9-17(13)28-12-15-16(6-5-7-18(15)26-3)24-19(25)23(2)21-22-24/h5-11H,12H2,1-4H3/b20-11+. The van der Waals surface area contributed by atoms with Crippen molar-refractivity contribution in [2.24, 2.45) is 12.2 Å². The Labute approximate surface area is 161 Å². The summed E-state index contributed by atoms with van der Waals surface area (Å²) in [5.41, 5.74) is 2.73. The lowest BCUT2D eigenvalue weighted by molar-refractivity contribution is 0.215. The van der Waals surface area contributed by atoms with Crippen molar-refractivity contribution < 1.29 is 14.3 Å². The first-order valence-electron chi connectivity index (χ1n) is 8.50. The number of rotatable bonds is 7. The minimum absolute atomic E-state index is 0.189. The first kappa shape index (κ1) is 19.2. The molecular formula is C19H21N5O4. The molecule has 0 aliphatic carbocycles. The summed E-state index contributed by atoms with van der Waals surface area (Å²) in [4.78, 5) is 17.0. The van der Waals surface area contributed by atoms with Gasteiger partial charge in [-0.2, -0.15) is 9.36 Å². The molecule has 0 unspecified atom stereocenters. The molecule has 0 amide bonds. The smallest absolute Gasteiger partial charge is 0.368 e. The van der Waals surface area contributed by atoms with Gasteiger partial charge in [0.25, 0.3) is 0 Å². The van der Waals surface area contributed by atoms with Crippen molar-refractivity contribution in [3.8, 4) is 17.2 Å². The number of tetrazole rings is 1. The summed E-state index contributed by atoms with van der Waals surface area (Å²) in [5.74, 6) is 1.30. The number of hydrogen-bond donors (Lipinski definition) is 0. The molecule has 1 aromatic heterocycles. The van der Waals surface area contributed by atoms with Gasteiger partial charge in [-0.15, -0.1) is 0 Å². The first-order valence-corrected chi connectivity index (χ1v) is 8.50. The van der Waals surface area contributed by atoms with E-state index in [-0.39, 0.29) is 12.3 Å². The van der Waals surface area contributed by atoms with Crippen LogP contribution in [0.1, 0.15) is 16.7 Å². The number of aromatic nitrogens is 4. The number of methoxy groups -OCH3 is 1. The number of ether oxygens (including phenoxy) is 2. The van der Waals surface area contributed by atoms with Crippen LogP contribution in [0.4, 0.5) is 0 Å². The maximum Gasteiger partial charge on any atom is 0.368 e. The van der Waals surface area contributed by atoms with Crippen LogP contribution in [0.15, 0.2) is 46.3 Å². The number of benzene rings is 2. The highest BCUT2D eigenvalue weighted by Crippen LogP contribution is 2.27. The number of hydrogen-bond acceptors (Lipinski definition) is 7. The Morgan fingerprint density at radius 2 is 1.96 bits per heavy atom. The van der Waals surface area contributed by atoms with Gasteiger partial charge in [-0.05, 0) is 58.8 Å². The molecule has 0 bridgehead atoms. The Balaban J connectivity index is 1.91. The van der Waals surface area contributed by atoms with Gasteiger partial charge in [-0.25, -0.2) is 4.79 Å². The van der Waals surface area contributed by atoms with Gasteiger partial charge >= 0.3 is 5.69 Å². The molecule has 9 nitrogen and oxygen atoms in total. The lowest BCUT2D eigenvalue weighted by atomic mass is 10.1. The van der Waals surface area contributed by atoms with Gasteiger partial charge < -0.3 is 14.3 Å². The Hall–Kier alpha value is -3.62. The van der Waals surface area contributed by atoms with Crippen LogP contribution in [0.5, 0.6) is 11.5 Å². The van der Waals surface area contributed by atoms with Gasteiger partial charge in [0, 0.05) is 7.05 Å². The molecule has 0 aliphatic rings. The highest BCUT2D eigenvalue weighted by Gasteiger charge is 2.16. The fraction of sp³-hybridized carbons (Fsp3) is 0.263. The van der Waals surface area contributed by atoms with E-state index in [1.54, 1.807) is 38.6 Å². The second-order valence-electron chi connectivity index (χ2n) is 5.99. The number of oxime groups is 1. The fourth-order valence-corrected chi connectivity index (χ4v) is 2.73. The molecular weight excluding hydrogens is 362 g/mol. The van der Waals surface area contributed by atoms with Crippen molar-refractivity contribution in [1.82, 2.24) is 19.8 Å². The minimum Gasteiger partial charge on any atom is -0.496 e. The largest absolute Gasteiger partial charge is 0.496 e. The Bertz CT molecular complexity index is 1050. The molecule has 146 valence electrons. The van der Waals surface area contributed by atoms with Crippen molar-refractivity contribution in [1.29, 1.82) is 0 Å². The highest BCUT2D eigenvalue weighted by atomic mass is 16.6. The molecule has 0 fully saturated rings. The van der Waals surface area contributed by atoms with Crippen molar-refractivity contribution in [2.75, 3.05) is 14.2 Å². The molecule has 0 aliphatic heterocycles. The molecule has 9 heteroatoms. The summed E-state index contributed by atoms with van der Waals surface area (Å²) < 4.78 is 13.8. The Kier molecular flexibility index (Phi) is 5.73. The van der Waals surface area contributed by atoms with Gasteiger partial charge in [0.15, 0.2) is 0 Å². The van der Waals surface area contributed by atoms with Gasteiger partial charge in [0.2, 0.25) is 0 Å². The Morgan fingerprint density at radius 1 is 1.14 bits per heavy atom. The van der Waals surface area contributed by atoms with Crippen LogP contribution in [-0.4, -0.2) is 40.2 Å². The lowest BCUT2D eigenvalue weighted by Crippen LogP contribution is -2.23. The van der Waals surface area contributed by atoms with Crippen LogP contribution in [0.3, 0.4) is 0 Å². The predicted octanol–water partition coefficient (Wildman–Crippen LogP) is 1.84. The molecule has 1 heterocycles.